The molecule has 12 heteroatoms. The Balaban J connectivity index is 2.24. The van der Waals surface area contributed by atoms with Crippen LogP contribution in [-0.4, -0.2) is 38.9 Å². The molecule has 3 atom stereocenters. The number of aromatic nitrogens is 1. The summed E-state index contributed by atoms with van der Waals surface area (Å²) < 4.78 is 42.0. The lowest BCUT2D eigenvalue weighted by Gasteiger charge is -2.45. The number of urea groups is 1. The largest absolute Gasteiger partial charge is 0.506 e. The second-order valence-corrected chi connectivity index (χ2v) is 8.02. The highest BCUT2D eigenvalue weighted by atomic mass is 79.9. The normalized spacial score (nSPS) is 24.6. The first kappa shape index (κ1) is 21.5. The van der Waals surface area contributed by atoms with Crippen LogP contribution in [0.2, 0.25) is 0 Å². The quantitative estimate of drug-likeness (QED) is 0.447. The summed E-state index contributed by atoms with van der Waals surface area (Å²) in [5.41, 5.74) is -4.31. The molecular formula is C17H12Br2F3N3O4. The van der Waals surface area contributed by atoms with Crippen LogP contribution in [0.5, 0.6) is 5.75 Å². The third-order valence-corrected chi connectivity index (χ3v) is 5.49. The Kier molecular flexibility index (Phi) is 5.62. The van der Waals surface area contributed by atoms with Crippen LogP contribution in [0.25, 0.3) is 0 Å². The van der Waals surface area contributed by atoms with E-state index in [1.165, 1.54) is 35.8 Å². The zero-order valence-electron chi connectivity index (χ0n) is 14.2. The van der Waals surface area contributed by atoms with Crippen LogP contribution in [-0.2, 0) is 0 Å². The van der Waals surface area contributed by atoms with Crippen molar-refractivity contribution in [2.24, 2.45) is 5.92 Å². The summed E-state index contributed by atoms with van der Waals surface area (Å²) in [7, 11) is 0. The van der Waals surface area contributed by atoms with Gasteiger partial charge >= 0.3 is 12.2 Å². The number of rotatable bonds is 3. The molecule has 29 heavy (non-hydrogen) atoms. The van der Waals surface area contributed by atoms with E-state index < -0.39 is 41.4 Å². The number of nitrogens with zero attached hydrogens (tertiary/aromatic N) is 1. The number of nitrogens with one attached hydrogen (secondary N) is 2. The highest BCUT2D eigenvalue weighted by molar-refractivity contribution is 9.11. The molecule has 0 aliphatic carbocycles. The molecule has 0 bridgehead atoms. The number of hydrogen-bond donors (Lipinski definition) is 4. The van der Waals surface area contributed by atoms with Crippen molar-refractivity contribution in [3.05, 3.63) is 56.7 Å². The van der Waals surface area contributed by atoms with Gasteiger partial charge in [-0.05, 0) is 40.2 Å². The monoisotopic (exact) mass is 537 g/mol. The number of aliphatic hydroxyl groups is 1. The van der Waals surface area contributed by atoms with Crippen molar-refractivity contribution in [3.63, 3.8) is 0 Å². The van der Waals surface area contributed by atoms with Crippen molar-refractivity contribution in [1.29, 1.82) is 0 Å². The fraction of sp³-hybridized carbons (Fsp3) is 0.235. The molecule has 0 radical (unpaired) electrons. The number of ketones is 1. The van der Waals surface area contributed by atoms with Gasteiger partial charge in [0.1, 0.15) is 11.7 Å². The van der Waals surface area contributed by atoms with Gasteiger partial charge in [0.05, 0.1) is 10.5 Å². The molecule has 1 aliphatic rings. The SMILES string of the molecule is O=C1NC(c2cc(Br)cc(Br)c2O)C(C(=O)c2cccnc2)C(O)(C(F)(F)F)N1. The Labute approximate surface area is 178 Å². The zero-order chi connectivity index (χ0) is 21.6. The molecule has 7 nitrogen and oxygen atoms in total. The van der Waals surface area contributed by atoms with Crippen molar-refractivity contribution in [1.82, 2.24) is 15.6 Å². The molecule has 0 saturated carbocycles. The van der Waals surface area contributed by atoms with Crippen molar-refractivity contribution < 1.29 is 33.0 Å². The highest BCUT2D eigenvalue weighted by Gasteiger charge is 2.66. The van der Waals surface area contributed by atoms with Crippen LogP contribution in [0.15, 0.2) is 45.6 Å². The fourth-order valence-corrected chi connectivity index (χ4v) is 4.37. The Morgan fingerprint density at radius 2 is 1.97 bits per heavy atom. The number of pyridine rings is 1. The maximum absolute atomic E-state index is 13.8. The van der Waals surface area contributed by atoms with Crippen molar-refractivity contribution in [2.45, 2.75) is 17.9 Å². The lowest BCUT2D eigenvalue weighted by molar-refractivity contribution is -0.287. The molecule has 4 N–H and O–H groups in total. The molecule has 1 aromatic heterocycles. The van der Waals surface area contributed by atoms with Crippen molar-refractivity contribution >= 4 is 43.7 Å². The average molecular weight is 539 g/mol. The van der Waals surface area contributed by atoms with Gasteiger partial charge in [-0.3, -0.25) is 9.78 Å². The van der Waals surface area contributed by atoms with Gasteiger partial charge in [0.2, 0.25) is 5.72 Å². The van der Waals surface area contributed by atoms with E-state index in [1.807, 2.05) is 0 Å². The number of hydrogen-bond acceptors (Lipinski definition) is 5. The summed E-state index contributed by atoms with van der Waals surface area (Å²) in [6, 6.07) is 2.18. The standard InChI is InChI=1S/C17H12Br2F3N3O4/c18-8-4-9(14(27)10(19)5-8)12-11(13(26)7-2-1-3-23-6-7)16(29,17(20,21)22)25-15(28)24-12/h1-6,11-12,27,29H,(H2,24,25,28). The number of carbonyl (C=O) groups excluding carboxylic acids is 2. The van der Waals surface area contributed by atoms with Gasteiger partial charge in [0.15, 0.2) is 5.78 Å². The van der Waals surface area contributed by atoms with E-state index in [0.29, 0.717) is 4.47 Å². The summed E-state index contributed by atoms with van der Waals surface area (Å²) in [4.78, 5) is 28.7. The minimum atomic E-state index is -5.40. The number of phenols is 1. The summed E-state index contributed by atoms with van der Waals surface area (Å²) in [6.45, 7) is 0. The number of alkyl halides is 3. The number of phenolic OH excluding ortho intramolecular Hbond substituents is 1. The number of aromatic hydroxyl groups is 1. The van der Waals surface area contributed by atoms with E-state index in [2.05, 4.69) is 42.2 Å². The minimum Gasteiger partial charge on any atom is -0.506 e. The molecule has 2 heterocycles. The molecule has 1 aromatic carbocycles. The maximum atomic E-state index is 13.8. The van der Waals surface area contributed by atoms with Crippen LogP contribution in [0.4, 0.5) is 18.0 Å². The van der Waals surface area contributed by atoms with Crippen LogP contribution in [0.1, 0.15) is 22.0 Å². The lowest BCUT2D eigenvalue weighted by atomic mass is 9.77. The van der Waals surface area contributed by atoms with Crippen LogP contribution in [0, 0.1) is 5.92 Å². The van der Waals surface area contributed by atoms with Gasteiger partial charge in [0, 0.05) is 28.0 Å². The zero-order valence-corrected chi connectivity index (χ0v) is 17.3. The van der Waals surface area contributed by atoms with E-state index in [-0.39, 0.29) is 15.6 Å². The number of Topliss-reactive ketones (excluding diaryl/α,β-unsaturated/α-hetero) is 1. The highest BCUT2D eigenvalue weighted by Crippen LogP contribution is 2.47. The van der Waals surface area contributed by atoms with Crippen LogP contribution in [0.3, 0.4) is 0 Å². The van der Waals surface area contributed by atoms with Gasteiger partial charge < -0.3 is 20.8 Å². The van der Waals surface area contributed by atoms with Gasteiger partial charge in [-0.1, -0.05) is 15.9 Å². The summed E-state index contributed by atoms with van der Waals surface area (Å²) in [5.74, 6) is -3.89. The van der Waals surface area contributed by atoms with Crippen molar-refractivity contribution in [2.75, 3.05) is 0 Å². The molecule has 1 saturated heterocycles. The van der Waals surface area contributed by atoms with Crippen molar-refractivity contribution in [3.8, 4) is 5.75 Å². The predicted molar refractivity (Wildman–Crippen MR) is 101 cm³/mol. The van der Waals surface area contributed by atoms with E-state index in [0.717, 1.165) is 6.20 Å². The lowest BCUT2D eigenvalue weighted by Crippen LogP contribution is -2.72. The number of amides is 2. The van der Waals surface area contributed by atoms with E-state index in [1.54, 1.807) is 0 Å². The Morgan fingerprint density at radius 3 is 2.55 bits per heavy atom. The van der Waals surface area contributed by atoms with Crippen LogP contribution >= 0.6 is 31.9 Å². The average Bonchev–Trinajstić information content (AvgIpc) is 2.63. The third-order valence-electron chi connectivity index (χ3n) is 4.43. The van der Waals surface area contributed by atoms with E-state index >= 15 is 0 Å². The smallest absolute Gasteiger partial charge is 0.437 e. The topological polar surface area (TPSA) is 112 Å². The number of carbonyl (C=O) groups is 2. The molecule has 2 aromatic rings. The summed E-state index contributed by atoms with van der Waals surface area (Å²) in [6.07, 6.45) is -3.03. The number of benzene rings is 1. The van der Waals surface area contributed by atoms with E-state index in [4.69, 9.17) is 0 Å². The molecule has 3 unspecified atom stereocenters. The Morgan fingerprint density at radius 1 is 1.28 bits per heavy atom. The Hall–Kier alpha value is -2.18. The second kappa shape index (κ2) is 7.58. The van der Waals surface area contributed by atoms with Gasteiger partial charge in [-0.2, -0.15) is 13.2 Å². The number of halogens is 5. The van der Waals surface area contributed by atoms with Gasteiger partial charge in [-0.15, -0.1) is 0 Å². The minimum absolute atomic E-state index is 0.109. The predicted octanol–water partition coefficient (Wildman–Crippen LogP) is 3.42. The molecule has 0 spiro atoms. The maximum Gasteiger partial charge on any atom is 0.437 e. The first-order valence-electron chi connectivity index (χ1n) is 7.95. The van der Waals surface area contributed by atoms with E-state index in [9.17, 15) is 33.0 Å². The third kappa shape index (κ3) is 3.83. The first-order valence-corrected chi connectivity index (χ1v) is 9.54. The van der Waals surface area contributed by atoms with Gasteiger partial charge in [0.25, 0.3) is 0 Å². The second-order valence-electron chi connectivity index (χ2n) is 6.25. The fourth-order valence-electron chi connectivity index (χ4n) is 3.11. The first-order chi connectivity index (χ1) is 13.5. The molecule has 3 rings (SSSR count). The summed E-state index contributed by atoms with van der Waals surface area (Å²) in [5, 5.41) is 24.5. The van der Waals surface area contributed by atoms with Crippen LogP contribution < -0.4 is 10.6 Å². The molecule has 2 amide bonds. The Bertz CT molecular complexity index is 974. The van der Waals surface area contributed by atoms with Gasteiger partial charge in [-0.25, -0.2) is 4.79 Å². The molecule has 154 valence electrons. The summed E-state index contributed by atoms with van der Waals surface area (Å²) >= 11 is 6.21. The molecule has 1 aliphatic heterocycles. The molecular weight excluding hydrogens is 527 g/mol. The molecule has 1 fully saturated rings.